The molecule has 0 aliphatic heterocycles. The molecule has 0 aliphatic carbocycles. The zero-order valence-electron chi connectivity index (χ0n) is 1.63. The van der Waals surface area contributed by atoms with Gasteiger partial charge in [-0.1, -0.05) is 0 Å². The van der Waals surface area contributed by atoms with Crippen LogP contribution in [0.3, 0.4) is 0 Å². The van der Waals surface area contributed by atoms with Crippen LogP contribution in [0.25, 0.3) is 0 Å². The minimum atomic E-state index is 0. The second kappa shape index (κ2) is 80.7. The van der Waals surface area contributed by atoms with Gasteiger partial charge < -0.3 is 11.8 Å². The number of rotatable bonds is 0. The van der Waals surface area contributed by atoms with Crippen LogP contribution in [0.15, 0.2) is 0 Å². The van der Waals surface area contributed by atoms with Gasteiger partial charge in [-0.3, -0.25) is 0 Å². The molecule has 25 valence electrons. The molecule has 0 bridgehead atoms. The Morgan fingerprint density at radius 1 is 1.25 bits per heavy atom. The van der Waals surface area contributed by atoms with Crippen molar-refractivity contribution >= 4 is 0 Å². The summed E-state index contributed by atoms with van der Waals surface area (Å²) in [5.41, 5.74) is 0. The SMILES string of the molecule is [C-]#N.[Cu+].[Mn+2]. The van der Waals surface area contributed by atoms with Crippen LogP contribution < -0.4 is 0 Å². The van der Waals surface area contributed by atoms with Gasteiger partial charge in [0.05, 0.1) is 0 Å². The van der Waals surface area contributed by atoms with Gasteiger partial charge in [0.25, 0.3) is 0 Å². The van der Waals surface area contributed by atoms with Crippen molar-refractivity contribution in [3.63, 3.8) is 0 Å². The molecule has 0 saturated heterocycles. The molecule has 0 saturated carbocycles. The molecule has 0 aromatic rings. The topological polar surface area (TPSA) is 23.8 Å². The molecule has 0 heterocycles. The molecule has 0 amide bonds. The first-order valence-electron chi connectivity index (χ1n) is 0.224. The molecule has 0 aromatic carbocycles. The van der Waals surface area contributed by atoms with Gasteiger partial charge >= 0.3 is 34.1 Å². The maximum atomic E-state index is 6.25. The van der Waals surface area contributed by atoms with Crippen molar-refractivity contribution in [1.29, 1.82) is 5.26 Å². The minimum Gasteiger partial charge on any atom is -0.512 e. The summed E-state index contributed by atoms with van der Waals surface area (Å²) in [6.07, 6.45) is 0. The van der Waals surface area contributed by atoms with Crippen molar-refractivity contribution < 1.29 is 34.1 Å². The van der Waals surface area contributed by atoms with E-state index in [2.05, 4.69) is 0 Å². The second-order valence-corrected chi connectivity index (χ2v) is 0. The standard InChI is InChI=1S/CN.Cu.Mn/c1-2;;/q-1;+1;+2. The Morgan fingerprint density at radius 2 is 1.25 bits per heavy atom. The van der Waals surface area contributed by atoms with Gasteiger partial charge in [0.2, 0.25) is 0 Å². The Labute approximate surface area is 46.3 Å². The first kappa shape index (κ1) is 24.1. The van der Waals surface area contributed by atoms with Gasteiger partial charge in [-0.15, -0.1) is 0 Å². The van der Waals surface area contributed by atoms with Crippen molar-refractivity contribution in [2.75, 3.05) is 0 Å². The van der Waals surface area contributed by atoms with Crippen LogP contribution in [0.4, 0.5) is 0 Å². The molecule has 4 heavy (non-hydrogen) atoms. The third-order valence-corrected chi connectivity index (χ3v) is 0. The largest absolute Gasteiger partial charge is 2.00 e. The summed E-state index contributed by atoms with van der Waals surface area (Å²) < 4.78 is 0. The Hall–Kier alpha value is 0.529. The van der Waals surface area contributed by atoms with E-state index in [4.69, 9.17) is 11.8 Å². The summed E-state index contributed by atoms with van der Waals surface area (Å²) in [5, 5.41) is 6.25. The van der Waals surface area contributed by atoms with E-state index in [9.17, 15) is 0 Å². The van der Waals surface area contributed by atoms with Crippen LogP contribution in [0.2, 0.25) is 0 Å². The summed E-state index contributed by atoms with van der Waals surface area (Å²) in [5.74, 6) is 0. The second-order valence-electron chi connectivity index (χ2n) is 0. The molecule has 1 nitrogen and oxygen atoms in total. The zero-order valence-corrected chi connectivity index (χ0v) is 3.75. The predicted molar refractivity (Wildman–Crippen MR) is 4.97 cm³/mol. The Balaban J connectivity index is -0.00000000500. The first-order valence-corrected chi connectivity index (χ1v) is 0.224. The Kier molecular flexibility index (Phi) is 487. The molecule has 1 radical (unpaired) electrons. The third-order valence-electron chi connectivity index (χ3n) is 0. The van der Waals surface area contributed by atoms with Crippen LogP contribution in [-0.4, -0.2) is 0 Å². The maximum absolute atomic E-state index is 6.25. The minimum absolute atomic E-state index is 0. The molecular formula is CCuMnN+2. The zero-order chi connectivity index (χ0) is 2.00. The molecule has 0 fully saturated rings. The average Bonchev–Trinajstić information content (AvgIpc) is 1.00. The van der Waals surface area contributed by atoms with Gasteiger partial charge in [0.1, 0.15) is 0 Å². The molecule has 0 rings (SSSR count). The summed E-state index contributed by atoms with van der Waals surface area (Å²) in [6.45, 7) is 4.75. The van der Waals surface area contributed by atoms with Gasteiger partial charge in [-0.05, 0) is 0 Å². The quantitative estimate of drug-likeness (QED) is 0.349. The van der Waals surface area contributed by atoms with Gasteiger partial charge in [0, 0.05) is 0 Å². The van der Waals surface area contributed by atoms with Crippen molar-refractivity contribution in [3.05, 3.63) is 6.57 Å². The number of nitrogens with zero attached hydrogens (tertiary/aromatic N) is 1. The van der Waals surface area contributed by atoms with E-state index >= 15 is 0 Å². The Bertz CT molecular complexity index is 12.8. The normalized spacial score (nSPS) is 0.500. The summed E-state index contributed by atoms with van der Waals surface area (Å²) in [6, 6.07) is 0. The third kappa shape index (κ3) is 21.1. The van der Waals surface area contributed by atoms with Crippen LogP contribution in [0.5, 0.6) is 0 Å². The van der Waals surface area contributed by atoms with Crippen LogP contribution in [0, 0.1) is 11.8 Å². The smallest absolute Gasteiger partial charge is 0.512 e. The molecular weight excluding hydrogens is 145 g/mol. The number of hydrogen-bond donors (Lipinski definition) is 0. The van der Waals surface area contributed by atoms with Crippen molar-refractivity contribution in [1.82, 2.24) is 0 Å². The fourth-order valence-corrected chi connectivity index (χ4v) is 0. The summed E-state index contributed by atoms with van der Waals surface area (Å²) in [7, 11) is 0. The molecule has 0 spiro atoms. The molecule has 0 atom stereocenters. The fraction of sp³-hybridized carbons (Fsp3) is 0. The molecule has 3 heteroatoms. The fourth-order valence-electron chi connectivity index (χ4n) is 0. The predicted octanol–water partition coefficient (Wildman–Crippen LogP) is 0.0914. The van der Waals surface area contributed by atoms with E-state index in [-0.39, 0.29) is 34.1 Å². The summed E-state index contributed by atoms with van der Waals surface area (Å²) in [4.78, 5) is 0. The van der Waals surface area contributed by atoms with E-state index < -0.39 is 0 Å². The molecule has 0 aromatic heterocycles. The van der Waals surface area contributed by atoms with E-state index in [1.165, 1.54) is 0 Å². The average molecular weight is 145 g/mol. The van der Waals surface area contributed by atoms with E-state index in [1.54, 1.807) is 0 Å². The van der Waals surface area contributed by atoms with Crippen molar-refractivity contribution in [2.24, 2.45) is 0 Å². The van der Waals surface area contributed by atoms with E-state index in [0.717, 1.165) is 0 Å². The first-order chi connectivity index (χ1) is 1.00. The molecule has 0 N–H and O–H groups in total. The van der Waals surface area contributed by atoms with Gasteiger partial charge in [-0.2, -0.15) is 0 Å². The summed E-state index contributed by atoms with van der Waals surface area (Å²) >= 11 is 0. The van der Waals surface area contributed by atoms with Crippen molar-refractivity contribution in [3.8, 4) is 0 Å². The van der Waals surface area contributed by atoms with Crippen molar-refractivity contribution in [2.45, 2.75) is 0 Å². The van der Waals surface area contributed by atoms with E-state index in [0.29, 0.717) is 0 Å². The Morgan fingerprint density at radius 3 is 1.25 bits per heavy atom. The number of hydrogen-bond acceptors (Lipinski definition) is 1. The molecule has 0 aliphatic rings. The van der Waals surface area contributed by atoms with E-state index in [1.807, 2.05) is 0 Å². The molecule has 0 unspecified atom stereocenters. The monoisotopic (exact) mass is 144 g/mol. The van der Waals surface area contributed by atoms with Gasteiger partial charge in [-0.25, -0.2) is 0 Å². The maximum Gasteiger partial charge on any atom is 2.00 e. The van der Waals surface area contributed by atoms with Crippen LogP contribution in [-0.2, 0) is 34.1 Å². The van der Waals surface area contributed by atoms with Crippen LogP contribution in [0.1, 0.15) is 0 Å². The van der Waals surface area contributed by atoms with Gasteiger partial charge in [0.15, 0.2) is 0 Å². The van der Waals surface area contributed by atoms with Crippen LogP contribution >= 0.6 is 0 Å².